The Hall–Kier alpha value is -0.600. The first-order valence-corrected chi connectivity index (χ1v) is 4.51. The van der Waals surface area contributed by atoms with Gasteiger partial charge in [0.2, 0.25) is 0 Å². The van der Waals surface area contributed by atoms with Crippen LogP contribution >= 0.6 is 15.9 Å². The molecule has 1 nitrogen and oxygen atoms in total. The van der Waals surface area contributed by atoms with Crippen LogP contribution in [-0.2, 0) is 0 Å². The largest absolute Gasteiger partial charge is 0.384 e. The third-order valence-electron chi connectivity index (χ3n) is 1.70. The van der Waals surface area contributed by atoms with Crippen molar-refractivity contribution in [3.05, 3.63) is 46.5 Å². The molecule has 0 radical (unpaired) electrons. The zero-order valence-electron chi connectivity index (χ0n) is 6.92. The number of rotatable bonds is 2. The molecule has 1 aromatic rings. The van der Waals surface area contributed by atoms with Crippen LogP contribution in [0.3, 0.4) is 0 Å². The van der Waals surface area contributed by atoms with Crippen LogP contribution in [0.4, 0.5) is 0 Å². The SMILES string of the molecule is C=C[C@H](O)c1ccc(C)cc1Br. The van der Waals surface area contributed by atoms with E-state index in [4.69, 9.17) is 0 Å². The summed E-state index contributed by atoms with van der Waals surface area (Å²) in [5.41, 5.74) is 2.03. The Morgan fingerprint density at radius 1 is 1.58 bits per heavy atom. The monoisotopic (exact) mass is 226 g/mol. The number of halogens is 1. The van der Waals surface area contributed by atoms with E-state index in [1.165, 1.54) is 11.6 Å². The Morgan fingerprint density at radius 3 is 2.75 bits per heavy atom. The lowest BCUT2D eigenvalue weighted by molar-refractivity contribution is 0.228. The van der Waals surface area contributed by atoms with Crippen molar-refractivity contribution < 1.29 is 5.11 Å². The summed E-state index contributed by atoms with van der Waals surface area (Å²) in [4.78, 5) is 0. The van der Waals surface area contributed by atoms with Gasteiger partial charge in [-0.25, -0.2) is 0 Å². The molecule has 1 rings (SSSR count). The highest BCUT2D eigenvalue weighted by molar-refractivity contribution is 9.10. The normalized spacial score (nSPS) is 12.6. The van der Waals surface area contributed by atoms with E-state index in [-0.39, 0.29) is 0 Å². The highest BCUT2D eigenvalue weighted by atomic mass is 79.9. The maximum Gasteiger partial charge on any atom is 0.0980 e. The summed E-state index contributed by atoms with van der Waals surface area (Å²) in [6, 6.07) is 5.83. The Morgan fingerprint density at radius 2 is 2.25 bits per heavy atom. The van der Waals surface area contributed by atoms with E-state index >= 15 is 0 Å². The maximum atomic E-state index is 9.45. The second-order valence-electron chi connectivity index (χ2n) is 2.71. The van der Waals surface area contributed by atoms with Crippen LogP contribution in [0.25, 0.3) is 0 Å². The lowest BCUT2D eigenvalue weighted by Crippen LogP contribution is -1.93. The molecule has 12 heavy (non-hydrogen) atoms. The van der Waals surface area contributed by atoms with Crippen LogP contribution in [0.1, 0.15) is 17.2 Å². The van der Waals surface area contributed by atoms with Gasteiger partial charge in [0.25, 0.3) is 0 Å². The molecule has 0 bridgehead atoms. The molecule has 0 aliphatic rings. The van der Waals surface area contributed by atoms with Crippen LogP contribution in [0, 0.1) is 6.92 Å². The fourth-order valence-corrected chi connectivity index (χ4v) is 1.73. The van der Waals surface area contributed by atoms with Crippen molar-refractivity contribution >= 4 is 15.9 Å². The van der Waals surface area contributed by atoms with Crippen molar-refractivity contribution in [1.82, 2.24) is 0 Å². The molecule has 0 unspecified atom stereocenters. The number of aliphatic hydroxyl groups is 1. The van der Waals surface area contributed by atoms with Gasteiger partial charge in [0, 0.05) is 4.47 Å². The fourth-order valence-electron chi connectivity index (χ4n) is 0.999. The van der Waals surface area contributed by atoms with Crippen LogP contribution in [0.2, 0.25) is 0 Å². The van der Waals surface area contributed by atoms with Crippen molar-refractivity contribution in [2.45, 2.75) is 13.0 Å². The molecule has 2 heteroatoms. The first-order chi connectivity index (χ1) is 5.65. The second kappa shape index (κ2) is 3.87. The zero-order valence-corrected chi connectivity index (χ0v) is 8.51. The number of aryl methyl sites for hydroxylation is 1. The van der Waals surface area contributed by atoms with E-state index < -0.39 is 6.10 Å². The lowest BCUT2D eigenvalue weighted by Gasteiger charge is -2.08. The summed E-state index contributed by atoms with van der Waals surface area (Å²) >= 11 is 3.38. The van der Waals surface area contributed by atoms with Gasteiger partial charge >= 0.3 is 0 Å². The summed E-state index contributed by atoms with van der Waals surface area (Å²) in [7, 11) is 0. The molecular formula is C10H11BrO. The van der Waals surface area contributed by atoms with Gasteiger partial charge in [0.1, 0.15) is 0 Å². The zero-order chi connectivity index (χ0) is 9.14. The van der Waals surface area contributed by atoms with Gasteiger partial charge in [-0.05, 0) is 24.1 Å². The Kier molecular flexibility index (Phi) is 3.06. The number of hydrogen-bond donors (Lipinski definition) is 1. The molecule has 64 valence electrons. The predicted octanol–water partition coefficient (Wildman–Crippen LogP) is 2.98. The van der Waals surface area contributed by atoms with Crippen LogP contribution in [-0.4, -0.2) is 5.11 Å². The first-order valence-electron chi connectivity index (χ1n) is 3.72. The minimum Gasteiger partial charge on any atom is -0.384 e. The number of aliphatic hydroxyl groups excluding tert-OH is 1. The summed E-state index contributed by atoms with van der Waals surface area (Å²) in [6.45, 7) is 5.54. The van der Waals surface area contributed by atoms with Crippen molar-refractivity contribution in [2.75, 3.05) is 0 Å². The molecule has 0 spiro atoms. The van der Waals surface area contributed by atoms with Crippen LogP contribution in [0.5, 0.6) is 0 Å². The number of hydrogen-bond acceptors (Lipinski definition) is 1. The molecule has 1 aromatic carbocycles. The van der Waals surface area contributed by atoms with Crippen molar-refractivity contribution in [3.63, 3.8) is 0 Å². The van der Waals surface area contributed by atoms with Gasteiger partial charge in [-0.2, -0.15) is 0 Å². The van der Waals surface area contributed by atoms with Gasteiger partial charge in [0.05, 0.1) is 6.10 Å². The fraction of sp³-hybridized carbons (Fsp3) is 0.200. The molecular weight excluding hydrogens is 216 g/mol. The van der Waals surface area contributed by atoms with E-state index in [9.17, 15) is 5.11 Å². The molecule has 0 fully saturated rings. The lowest BCUT2D eigenvalue weighted by atomic mass is 10.1. The highest BCUT2D eigenvalue weighted by Gasteiger charge is 2.06. The van der Waals surface area contributed by atoms with Crippen molar-refractivity contribution in [3.8, 4) is 0 Å². The van der Waals surface area contributed by atoms with Gasteiger partial charge in [0.15, 0.2) is 0 Å². The smallest absolute Gasteiger partial charge is 0.0980 e. The molecule has 1 atom stereocenters. The molecule has 0 amide bonds. The summed E-state index contributed by atoms with van der Waals surface area (Å²) in [6.07, 6.45) is 0.926. The van der Waals surface area contributed by atoms with Gasteiger partial charge in [-0.15, -0.1) is 6.58 Å². The van der Waals surface area contributed by atoms with Crippen molar-refractivity contribution in [1.29, 1.82) is 0 Å². The van der Waals surface area contributed by atoms with Crippen LogP contribution in [0.15, 0.2) is 35.3 Å². The minimum absolute atomic E-state index is 0.583. The van der Waals surface area contributed by atoms with Gasteiger partial charge in [-0.3, -0.25) is 0 Å². The maximum absolute atomic E-state index is 9.45. The van der Waals surface area contributed by atoms with E-state index in [1.54, 1.807) is 0 Å². The average Bonchev–Trinajstić information content (AvgIpc) is 2.03. The van der Waals surface area contributed by atoms with E-state index in [1.807, 2.05) is 25.1 Å². The quantitative estimate of drug-likeness (QED) is 0.770. The highest BCUT2D eigenvalue weighted by Crippen LogP contribution is 2.24. The topological polar surface area (TPSA) is 20.2 Å². The first kappa shape index (κ1) is 9.49. The second-order valence-corrected chi connectivity index (χ2v) is 3.56. The molecule has 0 aromatic heterocycles. The Labute approximate surface area is 80.9 Å². The Balaban J connectivity index is 3.09. The van der Waals surface area contributed by atoms with E-state index in [0.717, 1.165) is 10.0 Å². The van der Waals surface area contributed by atoms with Crippen LogP contribution < -0.4 is 0 Å². The third kappa shape index (κ3) is 1.96. The standard InChI is InChI=1S/C10H11BrO/c1-3-10(12)8-5-4-7(2)6-9(8)11/h3-6,10,12H,1H2,2H3/t10-/m0/s1. The third-order valence-corrected chi connectivity index (χ3v) is 2.38. The summed E-state index contributed by atoms with van der Waals surface area (Å²) in [5.74, 6) is 0. The molecule has 0 heterocycles. The van der Waals surface area contributed by atoms with E-state index in [2.05, 4.69) is 22.5 Å². The molecule has 0 aliphatic carbocycles. The van der Waals surface area contributed by atoms with E-state index in [0.29, 0.717) is 0 Å². The number of benzene rings is 1. The van der Waals surface area contributed by atoms with Gasteiger partial charge in [-0.1, -0.05) is 34.1 Å². The minimum atomic E-state index is -0.583. The molecule has 1 N–H and O–H groups in total. The van der Waals surface area contributed by atoms with Gasteiger partial charge < -0.3 is 5.11 Å². The summed E-state index contributed by atoms with van der Waals surface area (Å²) < 4.78 is 0.926. The molecule has 0 aliphatic heterocycles. The molecule has 0 saturated carbocycles. The summed E-state index contributed by atoms with van der Waals surface area (Å²) in [5, 5.41) is 9.45. The Bertz CT molecular complexity index is 294. The predicted molar refractivity (Wildman–Crippen MR) is 54.0 cm³/mol. The average molecular weight is 227 g/mol. The van der Waals surface area contributed by atoms with Crippen molar-refractivity contribution in [2.24, 2.45) is 0 Å². The molecule has 0 saturated heterocycles.